The Morgan fingerprint density at radius 1 is 1.30 bits per heavy atom. The normalized spacial score (nSPS) is 23.6. The number of primary sulfonamides is 1. The van der Waals surface area contributed by atoms with Gasteiger partial charge in [0, 0.05) is 13.2 Å². The van der Waals surface area contributed by atoms with Crippen molar-refractivity contribution in [3.05, 3.63) is 23.2 Å². The summed E-state index contributed by atoms with van der Waals surface area (Å²) in [4.78, 5) is 0.0648. The number of anilines is 1. The van der Waals surface area contributed by atoms with Gasteiger partial charge in [-0.2, -0.15) is 0 Å². The van der Waals surface area contributed by atoms with Gasteiger partial charge in [0.05, 0.1) is 21.7 Å². The van der Waals surface area contributed by atoms with Crippen LogP contribution in [-0.4, -0.2) is 27.7 Å². The lowest BCUT2D eigenvalue weighted by Crippen LogP contribution is -2.29. The molecular weight excluding hydrogens is 300 g/mol. The lowest BCUT2D eigenvalue weighted by molar-refractivity contribution is 0.0682. The average Bonchev–Trinajstić information content (AvgIpc) is 2.41. The van der Waals surface area contributed by atoms with Crippen LogP contribution in [-0.2, 0) is 14.8 Å². The fourth-order valence-electron chi connectivity index (χ4n) is 2.45. The first-order chi connectivity index (χ1) is 9.40. The zero-order valence-corrected chi connectivity index (χ0v) is 12.9. The lowest BCUT2D eigenvalue weighted by atomic mass is 9.93. The van der Waals surface area contributed by atoms with Crippen LogP contribution in [0.15, 0.2) is 23.1 Å². The Morgan fingerprint density at radius 3 is 2.50 bits per heavy atom. The predicted molar refractivity (Wildman–Crippen MR) is 79.5 cm³/mol. The van der Waals surface area contributed by atoms with Gasteiger partial charge in [-0.25, -0.2) is 13.6 Å². The Bertz CT molecular complexity index is 569. The van der Waals surface area contributed by atoms with Crippen LogP contribution >= 0.6 is 11.6 Å². The molecule has 1 aliphatic carbocycles. The van der Waals surface area contributed by atoms with Crippen LogP contribution in [0.25, 0.3) is 0 Å². The SMILES string of the molecule is COC1CCC(Nc2cc(S(N)(=O)=O)ccc2Cl)CC1. The monoisotopic (exact) mass is 318 g/mol. The standard InChI is InChI=1S/C13H19ClN2O3S/c1-19-10-4-2-9(3-5-10)16-13-8-11(20(15,17)18)6-7-12(13)14/h6-10,16H,2-5H2,1H3,(H2,15,17,18). The summed E-state index contributed by atoms with van der Waals surface area (Å²) >= 11 is 6.10. The highest BCUT2D eigenvalue weighted by Gasteiger charge is 2.21. The Kier molecular flexibility index (Phi) is 4.90. The minimum absolute atomic E-state index is 0.0648. The summed E-state index contributed by atoms with van der Waals surface area (Å²) in [5, 5.41) is 8.92. The summed E-state index contributed by atoms with van der Waals surface area (Å²) in [6.45, 7) is 0. The van der Waals surface area contributed by atoms with Crippen molar-refractivity contribution in [1.82, 2.24) is 0 Å². The van der Waals surface area contributed by atoms with Crippen molar-refractivity contribution in [3.8, 4) is 0 Å². The summed E-state index contributed by atoms with van der Waals surface area (Å²) in [5.41, 5.74) is 0.610. The van der Waals surface area contributed by atoms with E-state index in [1.54, 1.807) is 13.2 Å². The molecule has 1 saturated carbocycles. The molecule has 0 spiro atoms. The van der Waals surface area contributed by atoms with Crippen LogP contribution in [0.2, 0.25) is 5.02 Å². The summed E-state index contributed by atoms with van der Waals surface area (Å²) in [5.74, 6) is 0. The number of halogens is 1. The van der Waals surface area contributed by atoms with Gasteiger partial charge in [-0.15, -0.1) is 0 Å². The minimum atomic E-state index is -3.71. The third-order valence-corrected chi connectivity index (χ3v) is 4.87. The van der Waals surface area contributed by atoms with E-state index < -0.39 is 10.0 Å². The molecule has 0 bridgehead atoms. The van der Waals surface area contributed by atoms with Crippen molar-refractivity contribution >= 4 is 27.3 Å². The number of rotatable bonds is 4. The summed E-state index contributed by atoms with van der Waals surface area (Å²) in [7, 11) is -1.99. The summed E-state index contributed by atoms with van der Waals surface area (Å²) in [6.07, 6.45) is 4.23. The number of sulfonamides is 1. The largest absolute Gasteiger partial charge is 0.381 e. The van der Waals surface area contributed by atoms with E-state index in [4.69, 9.17) is 21.5 Å². The van der Waals surface area contributed by atoms with Gasteiger partial charge in [0.25, 0.3) is 0 Å². The molecule has 0 heterocycles. The number of hydrogen-bond acceptors (Lipinski definition) is 4. The second-order valence-electron chi connectivity index (χ2n) is 5.04. The smallest absolute Gasteiger partial charge is 0.238 e. The molecule has 0 aromatic heterocycles. The van der Waals surface area contributed by atoms with Crippen LogP contribution in [0.3, 0.4) is 0 Å². The highest BCUT2D eigenvalue weighted by molar-refractivity contribution is 7.89. The van der Waals surface area contributed by atoms with Crippen molar-refractivity contribution in [2.24, 2.45) is 5.14 Å². The van der Waals surface area contributed by atoms with Crippen molar-refractivity contribution in [3.63, 3.8) is 0 Å². The molecule has 1 aromatic rings. The highest BCUT2D eigenvalue weighted by atomic mass is 35.5. The maximum Gasteiger partial charge on any atom is 0.238 e. The molecule has 0 amide bonds. The Labute approximate surface area is 124 Å². The number of nitrogens with two attached hydrogens (primary N) is 1. The first kappa shape index (κ1) is 15.6. The van der Waals surface area contributed by atoms with E-state index in [0.717, 1.165) is 25.7 Å². The van der Waals surface area contributed by atoms with Crippen LogP contribution in [0.4, 0.5) is 5.69 Å². The molecule has 3 N–H and O–H groups in total. The maximum atomic E-state index is 11.4. The highest BCUT2D eigenvalue weighted by Crippen LogP contribution is 2.29. The lowest BCUT2D eigenvalue weighted by Gasteiger charge is -2.29. The number of benzene rings is 1. The van der Waals surface area contributed by atoms with Crippen LogP contribution in [0.1, 0.15) is 25.7 Å². The molecule has 5 nitrogen and oxygen atoms in total. The van der Waals surface area contributed by atoms with Crippen molar-refractivity contribution in [1.29, 1.82) is 0 Å². The van der Waals surface area contributed by atoms with Crippen molar-refractivity contribution in [2.75, 3.05) is 12.4 Å². The molecule has 0 radical (unpaired) electrons. The Balaban J connectivity index is 2.10. The molecule has 20 heavy (non-hydrogen) atoms. The van der Waals surface area contributed by atoms with Gasteiger partial charge in [-0.3, -0.25) is 0 Å². The van der Waals surface area contributed by atoms with Crippen molar-refractivity contribution in [2.45, 2.75) is 42.7 Å². The van der Waals surface area contributed by atoms with Crippen molar-refractivity contribution < 1.29 is 13.2 Å². The second-order valence-corrected chi connectivity index (χ2v) is 7.01. The van der Waals surface area contributed by atoms with E-state index >= 15 is 0 Å². The topological polar surface area (TPSA) is 81.4 Å². The molecule has 1 aromatic carbocycles. The van der Waals surface area contributed by atoms with Gasteiger partial charge >= 0.3 is 0 Å². The molecular formula is C13H19ClN2O3S. The first-order valence-corrected chi connectivity index (χ1v) is 8.44. The van der Waals surface area contributed by atoms with E-state index in [1.165, 1.54) is 12.1 Å². The van der Waals surface area contributed by atoms with E-state index in [-0.39, 0.29) is 10.9 Å². The molecule has 0 atom stereocenters. The molecule has 0 unspecified atom stereocenters. The molecule has 2 rings (SSSR count). The second kappa shape index (κ2) is 6.30. The number of methoxy groups -OCH3 is 1. The molecule has 112 valence electrons. The zero-order chi connectivity index (χ0) is 14.8. The maximum absolute atomic E-state index is 11.4. The molecule has 1 aliphatic rings. The van der Waals surface area contributed by atoms with Crippen LogP contribution in [0, 0.1) is 0 Å². The van der Waals surface area contributed by atoms with E-state index in [1.807, 2.05) is 0 Å². The van der Waals surface area contributed by atoms with E-state index in [0.29, 0.717) is 16.8 Å². The average molecular weight is 319 g/mol. The Hall–Kier alpha value is -0.820. The van der Waals surface area contributed by atoms with E-state index in [2.05, 4.69) is 5.32 Å². The van der Waals surface area contributed by atoms with Gasteiger partial charge in [-0.1, -0.05) is 11.6 Å². The molecule has 0 aliphatic heterocycles. The van der Waals surface area contributed by atoms with Gasteiger partial charge in [0.15, 0.2) is 0 Å². The van der Waals surface area contributed by atoms with E-state index in [9.17, 15) is 8.42 Å². The third-order valence-electron chi connectivity index (χ3n) is 3.63. The summed E-state index contributed by atoms with van der Waals surface area (Å²) in [6, 6.07) is 4.71. The molecule has 0 saturated heterocycles. The zero-order valence-electron chi connectivity index (χ0n) is 11.3. The fraction of sp³-hybridized carbons (Fsp3) is 0.538. The van der Waals surface area contributed by atoms with Crippen LogP contribution in [0.5, 0.6) is 0 Å². The molecule has 1 fully saturated rings. The number of nitrogens with one attached hydrogen (secondary N) is 1. The van der Waals surface area contributed by atoms with Crippen LogP contribution < -0.4 is 10.5 Å². The number of ether oxygens (including phenoxy) is 1. The molecule has 7 heteroatoms. The minimum Gasteiger partial charge on any atom is -0.381 e. The first-order valence-electron chi connectivity index (χ1n) is 6.52. The fourth-order valence-corrected chi connectivity index (χ4v) is 3.17. The quantitative estimate of drug-likeness (QED) is 0.893. The van der Waals surface area contributed by atoms with Gasteiger partial charge in [0.2, 0.25) is 10.0 Å². The Morgan fingerprint density at radius 2 is 1.95 bits per heavy atom. The van der Waals surface area contributed by atoms with Gasteiger partial charge in [0.1, 0.15) is 0 Å². The predicted octanol–water partition coefficient (Wildman–Crippen LogP) is 2.36. The summed E-state index contributed by atoms with van der Waals surface area (Å²) < 4.78 is 28.0. The van der Waals surface area contributed by atoms with Gasteiger partial charge in [-0.05, 0) is 43.9 Å². The number of hydrogen-bond donors (Lipinski definition) is 2. The third kappa shape index (κ3) is 3.85. The van der Waals surface area contributed by atoms with Gasteiger partial charge < -0.3 is 10.1 Å².